The molecule has 2 N–H and O–H groups in total. The molecule has 2 rings (SSSR count). The number of sulfonamides is 1. The van der Waals surface area contributed by atoms with Gasteiger partial charge >= 0.3 is 5.97 Å². The monoisotopic (exact) mass is 332 g/mol. The standard InChI is InChI=1S/C13H20N2O4S2/c1-10(15-5-3-2-4-6-15)8-14-21(18,19)12-7-11(9-20-12)13(16)17/h7,9-10,14H,2-6,8H2,1H3,(H,16,17). The summed E-state index contributed by atoms with van der Waals surface area (Å²) in [6.07, 6.45) is 3.55. The van der Waals surface area contributed by atoms with Gasteiger partial charge < -0.3 is 5.11 Å². The van der Waals surface area contributed by atoms with Crippen molar-refractivity contribution in [2.45, 2.75) is 36.4 Å². The molecule has 1 aliphatic rings. The van der Waals surface area contributed by atoms with Gasteiger partial charge in [-0.15, -0.1) is 11.3 Å². The number of carboxylic acids is 1. The van der Waals surface area contributed by atoms with Crippen LogP contribution in [0.2, 0.25) is 0 Å². The Morgan fingerprint density at radius 1 is 1.43 bits per heavy atom. The number of nitrogens with one attached hydrogen (secondary N) is 1. The molecular formula is C13H20N2O4S2. The zero-order valence-corrected chi connectivity index (χ0v) is 13.5. The van der Waals surface area contributed by atoms with E-state index >= 15 is 0 Å². The first kappa shape index (κ1) is 16.4. The molecule has 1 saturated heterocycles. The molecule has 2 heterocycles. The van der Waals surface area contributed by atoms with E-state index in [1.165, 1.54) is 17.9 Å². The van der Waals surface area contributed by atoms with Gasteiger partial charge in [-0.05, 0) is 38.9 Å². The minimum absolute atomic E-state index is 0.00412. The van der Waals surface area contributed by atoms with Gasteiger partial charge in [-0.2, -0.15) is 0 Å². The van der Waals surface area contributed by atoms with Gasteiger partial charge in [-0.25, -0.2) is 17.9 Å². The molecule has 0 spiro atoms. The number of thiophene rings is 1. The van der Waals surface area contributed by atoms with Gasteiger partial charge in [0.2, 0.25) is 10.0 Å². The Labute approximate surface area is 128 Å². The van der Waals surface area contributed by atoms with Crippen LogP contribution in [0.25, 0.3) is 0 Å². The first-order valence-electron chi connectivity index (χ1n) is 6.95. The molecule has 0 aromatic carbocycles. The van der Waals surface area contributed by atoms with Crippen LogP contribution in [0.1, 0.15) is 36.5 Å². The average molecular weight is 332 g/mol. The van der Waals surface area contributed by atoms with Crippen LogP contribution >= 0.6 is 11.3 Å². The highest BCUT2D eigenvalue weighted by atomic mass is 32.2. The molecule has 1 unspecified atom stereocenters. The fraction of sp³-hybridized carbons (Fsp3) is 0.615. The smallest absolute Gasteiger partial charge is 0.336 e. The molecule has 6 nitrogen and oxygen atoms in total. The molecule has 1 aromatic rings. The minimum Gasteiger partial charge on any atom is -0.478 e. The van der Waals surface area contributed by atoms with Gasteiger partial charge in [0.25, 0.3) is 0 Å². The van der Waals surface area contributed by atoms with Gasteiger partial charge in [0, 0.05) is 18.0 Å². The van der Waals surface area contributed by atoms with E-state index in [2.05, 4.69) is 9.62 Å². The summed E-state index contributed by atoms with van der Waals surface area (Å²) in [7, 11) is -3.63. The van der Waals surface area contributed by atoms with E-state index in [9.17, 15) is 13.2 Å². The van der Waals surface area contributed by atoms with Gasteiger partial charge in [-0.1, -0.05) is 6.42 Å². The van der Waals surface area contributed by atoms with E-state index in [0.717, 1.165) is 37.3 Å². The highest BCUT2D eigenvalue weighted by Gasteiger charge is 2.22. The SMILES string of the molecule is CC(CNS(=O)(=O)c1cc(C(=O)O)cs1)N1CCCCC1. The van der Waals surface area contributed by atoms with Crippen LogP contribution in [-0.4, -0.2) is 50.1 Å². The predicted octanol–water partition coefficient (Wildman–Crippen LogP) is 1.60. The van der Waals surface area contributed by atoms with Gasteiger partial charge in [0.05, 0.1) is 5.56 Å². The highest BCUT2D eigenvalue weighted by molar-refractivity contribution is 7.91. The summed E-state index contributed by atoms with van der Waals surface area (Å²) >= 11 is 0.927. The number of rotatable bonds is 6. The molecule has 1 atom stereocenters. The number of aromatic carboxylic acids is 1. The molecular weight excluding hydrogens is 312 g/mol. The van der Waals surface area contributed by atoms with E-state index in [-0.39, 0.29) is 15.8 Å². The maximum Gasteiger partial charge on any atom is 0.336 e. The lowest BCUT2D eigenvalue weighted by molar-refractivity contribution is 0.0697. The Morgan fingerprint density at radius 3 is 2.67 bits per heavy atom. The van der Waals surface area contributed by atoms with Crippen LogP contribution in [0, 0.1) is 0 Å². The third kappa shape index (κ3) is 4.26. The second kappa shape index (κ2) is 6.87. The molecule has 1 fully saturated rings. The maximum atomic E-state index is 12.1. The Morgan fingerprint density at radius 2 is 2.10 bits per heavy atom. The van der Waals surface area contributed by atoms with Gasteiger partial charge in [0.15, 0.2) is 0 Å². The third-order valence-electron chi connectivity index (χ3n) is 3.67. The van der Waals surface area contributed by atoms with E-state index < -0.39 is 16.0 Å². The zero-order valence-electron chi connectivity index (χ0n) is 11.9. The molecule has 0 aliphatic carbocycles. The normalized spacial score (nSPS) is 18.5. The lowest BCUT2D eigenvalue weighted by atomic mass is 10.1. The fourth-order valence-corrected chi connectivity index (χ4v) is 4.68. The topological polar surface area (TPSA) is 86.7 Å². The van der Waals surface area contributed by atoms with E-state index in [1.807, 2.05) is 6.92 Å². The summed E-state index contributed by atoms with van der Waals surface area (Å²) in [4.78, 5) is 13.1. The second-order valence-electron chi connectivity index (χ2n) is 5.26. The molecule has 0 bridgehead atoms. The molecule has 0 amide bonds. The first-order valence-corrected chi connectivity index (χ1v) is 9.32. The predicted molar refractivity (Wildman–Crippen MR) is 81.4 cm³/mol. The second-order valence-corrected chi connectivity index (χ2v) is 8.16. The summed E-state index contributed by atoms with van der Waals surface area (Å²) in [6.45, 7) is 4.35. The summed E-state index contributed by atoms with van der Waals surface area (Å²) < 4.78 is 26.9. The fourth-order valence-electron chi connectivity index (χ4n) is 2.36. The number of carbonyl (C=O) groups is 1. The number of piperidine rings is 1. The number of carboxylic acid groups (broad SMARTS) is 1. The Kier molecular flexibility index (Phi) is 5.37. The van der Waals surface area contributed by atoms with Crippen molar-refractivity contribution in [1.82, 2.24) is 9.62 Å². The van der Waals surface area contributed by atoms with Crippen molar-refractivity contribution in [3.8, 4) is 0 Å². The lowest BCUT2D eigenvalue weighted by Crippen LogP contribution is -2.44. The lowest BCUT2D eigenvalue weighted by Gasteiger charge is -2.32. The average Bonchev–Trinajstić information content (AvgIpc) is 2.97. The van der Waals surface area contributed by atoms with E-state index in [1.54, 1.807) is 0 Å². The van der Waals surface area contributed by atoms with E-state index in [0.29, 0.717) is 6.54 Å². The number of likely N-dealkylation sites (tertiary alicyclic amines) is 1. The van der Waals surface area contributed by atoms with Crippen molar-refractivity contribution < 1.29 is 18.3 Å². The summed E-state index contributed by atoms with van der Waals surface area (Å²) in [5, 5.41) is 10.2. The van der Waals surface area contributed by atoms with Crippen LogP contribution in [0.4, 0.5) is 0 Å². The number of hydrogen-bond acceptors (Lipinski definition) is 5. The maximum absolute atomic E-state index is 12.1. The van der Waals surface area contributed by atoms with E-state index in [4.69, 9.17) is 5.11 Å². The van der Waals surface area contributed by atoms with Crippen LogP contribution in [0.5, 0.6) is 0 Å². The van der Waals surface area contributed by atoms with Crippen LogP contribution in [-0.2, 0) is 10.0 Å². The highest BCUT2D eigenvalue weighted by Crippen LogP contribution is 2.20. The molecule has 0 saturated carbocycles. The Hall–Kier alpha value is -0.960. The summed E-state index contributed by atoms with van der Waals surface area (Å²) in [6, 6.07) is 1.33. The molecule has 1 aliphatic heterocycles. The van der Waals surface area contributed by atoms with Crippen molar-refractivity contribution in [3.05, 3.63) is 17.0 Å². The molecule has 118 valence electrons. The van der Waals surface area contributed by atoms with Crippen molar-refractivity contribution in [2.24, 2.45) is 0 Å². The quantitative estimate of drug-likeness (QED) is 0.826. The van der Waals surface area contributed by atoms with Gasteiger partial charge in [-0.3, -0.25) is 4.90 Å². The third-order valence-corrected chi connectivity index (χ3v) is 6.53. The van der Waals surface area contributed by atoms with Crippen LogP contribution in [0.3, 0.4) is 0 Å². The molecule has 21 heavy (non-hydrogen) atoms. The largest absolute Gasteiger partial charge is 0.478 e. The Bertz CT molecular complexity index is 591. The zero-order chi connectivity index (χ0) is 15.5. The molecule has 8 heteroatoms. The van der Waals surface area contributed by atoms with Crippen molar-refractivity contribution in [3.63, 3.8) is 0 Å². The van der Waals surface area contributed by atoms with Crippen molar-refractivity contribution in [1.29, 1.82) is 0 Å². The molecule has 0 radical (unpaired) electrons. The van der Waals surface area contributed by atoms with Crippen molar-refractivity contribution in [2.75, 3.05) is 19.6 Å². The Balaban J connectivity index is 1.95. The number of hydrogen-bond donors (Lipinski definition) is 2. The summed E-state index contributed by atoms with van der Waals surface area (Å²) in [5.41, 5.74) is 0.00412. The number of nitrogens with zero attached hydrogens (tertiary/aromatic N) is 1. The summed E-state index contributed by atoms with van der Waals surface area (Å²) in [5.74, 6) is -1.12. The van der Waals surface area contributed by atoms with Gasteiger partial charge in [0.1, 0.15) is 4.21 Å². The van der Waals surface area contributed by atoms with Crippen LogP contribution in [0.15, 0.2) is 15.7 Å². The van der Waals surface area contributed by atoms with Crippen molar-refractivity contribution >= 4 is 27.3 Å². The van der Waals surface area contributed by atoms with Crippen LogP contribution < -0.4 is 4.72 Å². The first-order chi connectivity index (χ1) is 9.90. The molecule has 1 aromatic heterocycles. The minimum atomic E-state index is -3.63.